The third kappa shape index (κ3) is 3.25. The lowest BCUT2D eigenvalue weighted by Gasteiger charge is -2.03. The Kier molecular flexibility index (Phi) is 3.75. The summed E-state index contributed by atoms with van der Waals surface area (Å²) in [5, 5.41) is 0. The highest BCUT2D eigenvalue weighted by atomic mass is 19.3. The van der Waals surface area contributed by atoms with Crippen LogP contribution in [0.3, 0.4) is 0 Å². The molecular formula is C7H6F4N2O. The fourth-order valence-corrected chi connectivity index (χ4v) is 0.743. The zero-order valence-corrected chi connectivity index (χ0v) is 6.83. The Labute approximate surface area is 76.7 Å². The molecule has 0 saturated heterocycles. The lowest BCUT2D eigenvalue weighted by molar-refractivity contribution is -0.138. The molecule has 1 aromatic heterocycles. The van der Waals surface area contributed by atoms with Crippen LogP contribution in [0, 0.1) is 0 Å². The summed E-state index contributed by atoms with van der Waals surface area (Å²) >= 11 is 0. The SMILES string of the molecule is FC(F)OCc1nccc(C(F)F)n1. The fraction of sp³-hybridized carbons (Fsp3) is 0.429. The van der Waals surface area contributed by atoms with Crippen LogP contribution in [0.15, 0.2) is 12.3 Å². The molecule has 0 spiro atoms. The van der Waals surface area contributed by atoms with Crippen molar-refractivity contribution in [2.75, 3.05) is 0 Å². The normalized spacial score (nSPS) is 11.3. The second-order valence-electron chi connectivity index (χ2n) is 2.27. The van der Waals surface area contributed by atoms with Crippen molar-refractivity contribution in [2.45, 2.75) is 19.6 Å². The quantitative estimate of drug-likeness (QED) is 0.714. The summed E-state index contributed by atoms with van der Waals surface area (Å²) in [6.45, 7) is -3.55. The van der Waals surface area contributed by atoms with Crippen LogP contribution < -0.4 is 0 Å². The molecule has 1 heterocycles. The first-order chi connectivity index (χ1) is 6.59. The van der Waals surface area contributed by atoms with Gasteiger partial charge in [0.05, 0.1) is 0 Å². The number of hydrogen-bond donors (Lipinski definition) is 0. The maximum Gasteiger partial charge on any atom is 0.345 e. The molecule has 0 bridgehead atoms. The third-order valence-corrected chi connectivity index (χ3v) is 1.29. The molecule has 0 N–H and O–H groups in total. The largest absolute Gasteiger partial charge is 0.345 e. The van der Waals surface area contributed by atoms with Crippen LogP contribution in [0.1, 0.15) is 17.9 Å². The summed E-state index contributed by atoms with van der Waals surface area (Å²) in [6, 6.07) is 1.01. The van der Waals surface area contributed by atoms with Crippen molar-refractivity contribution < 1.29 is 22.3 Å². The third-order valence-electron chi connectivity index (χ3n) is 1.29. The van der Waals surface area contributed by atoms with Gasteiger partial charge in [0.15, 0.2) is 5.82 Å². The van der Waals surface area contributed by atoms with Crippen molar-refractivity contribution in [3.8, 4) is 0 Å². The van der Waals surface area contributed by atoms with E-state index >= 15 is 0 Å². The van der Waals surface area contributed by atoms with E-state index in [1.54, 1.807) is 0 Å². The second-order valence-corrected chi connectivity index (χ2v) is 2.27. The van der Waals surface area contributed by atoms with E-state index in [-0.39, 0.29) is 5.82 Å². The number of aromatic nitrogens is 2. The number of ether oxygens (including phenoxy) is 1. The Bertz CT molecular complexity index is 295. The minimum atomic E-state index is -2.96. The predicted octanol–water partition coefficient (Wildman–Crippen LogP) is 2.15. The van der Waals surface area contributed by atoms with Crippen molar-refractivity contribution in [1.29, 1.82) is 0 Å². The van der Waals surface area contributed by atoms with Gasteiger partial charge in [-0.05, 0) is 6.07 Å². The molecule has 0 aromatic carbocycles. The fourth-order valence-electron chi connectivity index (χ4n) is 0.743. The maximum atomic E-state index is 12.1. The molecule has 0 unspecified atom stereocenters. The van der Waals surface area contributed by atoms with Crippen molar-refractivity contribution in [3.63, 3.8) is 0 Å². The predicted molar refractivity (Wildman–Crippen MR) is 37.8 cm³/mol. The van der Waals surface area contributed by atoms with E-state index in [1.165, 1.54) is 0 Å². The number of hydrogen-bond acceptors (Lipinski definition) is 3. The highest BCUT2D eigenvalue weighted by molar-refractivity contribution is 5.02. The second kappa shape index (κ2) is 4.85. The van der Waals surface area contributed by atoms with Gasteiger partial charge in [0.2, 0.25) is 0 Å². The summed E-state index contributed by atoms with van der Waals surface area (Å²) in [4.78, 5) is 6.82. The molecule has 7 heteroatoms. The average Bonchev–Trinajstić information content (AvgIpc) is 2.15. The molecule has 0 fully saturated rings. The highest BCUT2D eigenvalue weighted by Gasteiger charge is 2.10. The van der Waals surface area contributed by atoms with E-state index in [1.807, 2.05) is 0 Å². The molecular weight excluding hydrogens is 204 g/mol. The van der Waals surface area contributed by atoms with Crippen molar-refractivity contribution >= 4 is 0 Å². The highest BCUT2D eigenvalue weighted by Crippen LogP contribution is 2.15. The van der Waals surface area contributed by atoms with Crippen LogP contribution in [-0.4, -0.2) is 16.6 Å². The van der Waals surface area contributed by atoms with Gasteiger partial charge >= 0.3 is 6.61 Å². The van der Waals surface area contributed by atoms with Crippen LogP contribution >= 0.6 is 0 Å². The average molecular weight is 210 g/mol. The van der Waals surface area contributed by atoms with Gasteiger partial charge in [0.1, 0.15) is 12.3 Å². The molecule has 0 atom stereocenters. The van der Waals surface area contributed by atoms with E-state index in [4.69, 9.17) is 0 Å². The summed E-state index contributed by atoms with van der Waals surface area (Å²) < 4.78 is 51.1. The number of halogens is 4. The smallest absolute Gasteiger partial charge is 0.315 e. The van der Waals surface area contributed by atoms with Gasteiger partial charge in [0.25, 0.3) is 6.43 Å². The molecule has 0 aliphatic heterocycles. The summed E-state index contributed by atoms with van der Waals surface area (Å²) in [5.74, 6) is -0.192. The molecule has 78 valence electrons. The minimum Gasteiger partial charge on any atom is -0.315 e. The molecule has 0 aliphatic carbocycles. The van der Waals surface area contributed by atoms with Crippen molar-refractivity contribution in [3.05, 3.63) is 23.8 Å². The van der Waals surface area contributed by atoms with E-state index in [0.29, 0.717) is 0 Å². The van der Waals surface area contributed by atoms with Crippen molar-refractivity contribution in [2.24, 2.45) is 0 Å². The Hall–Kier alpha value is -1.24. The van der Waals surface area contributed by atoms with Crippen molar-refractivity contribution in [1.82, 2.24) is 9.97 Å². The Morgan fingerprint density at radius 2 is 2.00 bits per heavy atom. The Balaban J connectivity index is 2.64. The zero-order valence-electron chi connectivity index (χ0n) is 6.83. The molecule has 1 aromatic rings. The molecule has 3 nitrogen and oxygen atoms in total. The van der Waals surface area contributed by atoms with E-state index < -0.39 is 25.3 Å². The lowest BCUT2D eigenvalue weighted by Crippen LogP contribution is -2.05. The van der Waals surface area contributed by atoms with Gasteiger partial charge in [0, 0.05) is 6.20 Å². The van der Waals surface area contributed by atoms with Crippen LogP contribution in [-0.2, 0) is 11.3 Å². The van der Waals surface area contributed by atoms with Crippen LogP contribution in [0.2, 0.25) is 0 Å². The number of nitrogens with zero attached hydrogens (tertiary/aromatic N) is 2. The molecule has 0 saturated carbocycles. The molecule has 14 heavy (non-hydrogen) atoms. The standard InChI is InChI=1S/C7H6F4N2O/c8-6(9)4-1-2-12-5(13-4)3-14-7(10)11/h1-2,6-7H,3H2. The molecule has 0 amide bonds. The van der Waals surface area contributed by atoms with Gasteiger partial charge in [-0.2, -0.15) is 8.78 Å². The van der Waals surface area contributed by atoms with E-state index in [2.05, 4.69) is 14.7 Å². The molecule has 1 rings (SSSR count). The first kappa shape index (κ1) is 10.8. The van der Waals surface area contributed by atoms with Gasteiger partial charge in [-0.3, -0.25) is 0 Å². The lowest BCUT2D eigenvalue weighted by atomic mass is 10.4. The number of rotatable bonds is 4. The van der Waals surface area contributed by atoms with Crippen LogP contribution in [0.25, 0.3) is 0 Å². The Morgan fingerprint density at radius 3 is 2.57 bits per heavy atom. The van der Waals surface area contributed by atoms with Crippen LogP contribution in [0.4, 0.5) is 17.6 Å². The summed E-state index contributed by atoms with van der Waals surface area (Å²) in [6.07, 6.45) is -1.68. The topological polar surface area (TPSA) is 35.0 Å². The first-order valence-corrected chi connectivity index (χ1v) is 3.59. The van der Waals surface area contributed by atoms with Gasteiger partial charge < -0.3 is 4.74 Å². The van der Waals surface area contributed by atoms with Crippen LogP contribution in [0.5, 0.6) is 0 Å². The zero-order chi connectivity index (χ0) is 10.6. The maximum absolute atomic E-state index is 12.1. The number of alkyl halides is 4. The minimum absolute atomic E-state index is 0.192. The van der Waals surface area contributed by atoms with E-state index in [9.17, 15) is 17.6 Å². The Morgan fingerprint density at radius 1 is 1.29 bits per heavy atom. The first-order valence-electron chi connectivity index (χ1n) is 3.59. The van der Waals surface area contributed by atoms with Gasteiger partial charge in [-0.15, -0.1) is 0 Å². The monoisotopic (exact) mass is 210 g/mol. The molecule has 0 aliphatic rings. The van der Waals surface area contributed by atoms with Gasteiger partial charge in [-0.25, -0.2) is 18.7 Å². The summed E-state index contributed by atoms with van der Waals surface area (Å²) in [5.41, 5.74) is -0.507. The summed E-state index contributed by atoms with van der Waals surface area (Å²) in [7, 11) is 0. The van der Waals surface area contributed by atoms with Gasteiger partial charge in [-0.1, -0.05) is 0 Å². The van der Waals surface area contributed by atoms with E-state index in [0.717, 1.165) is 12.3 Å². The molecule has 0 radical (unpaired) electrons.